The Morgan fingerprint density at radius 1 is 1.31 bits per heavy atom. The van der Waals surface area contributed by atoms with E-state index in [4.69, 9.17) is 0 Å². The van der Waals surface area contributed by atoms with Gasteiger partial charge in [-0.15, -0.1) is 0 Å². The first-order valence-electron chi connectivity index (χ1n) is 5.35. The third kappa shape index (κ3) is 3.03. The Kier molecular flexibility index (Phi) is 4.89. The zero-order chi connectivity index (χ0) is 12.2. The maximum Gasteiger partial charge on any atom is 0.0515 e. The zero-order valence-corrected chi connectivity index (χ0v) is 11.2. The van der Waals surface area contributed by atoms with Gasteiger partial charge in [0.25, 0.3) is 0 Å². The van der Waals surface area contributed by atoms with Crippen LogP contribution in [0, 0.1) is 11.3 Å². The predicted octanol–water partition coefficient (Wildman–Crippen LogP) is 2.01. The second kappa shape index (κ2) is 5.75. The molecule has 1 aromatic heterocycles. The van der Waals surface area contributed by atoms with Crippen molar-refractivity contribution in [1.29, 1.82) is 0 Å². The molecule has 0 bridgehead atoms. The van der Waals surface area contributed by atoms with Crippen LogP contribution < -0.4 is 0 Å². The predicted molar refractivity (Wildman–Crippen MR) is 67.1 cm³/mol. The van der Waals surface area contributed by atoms with E-state index in [1.54, 1.807) is 12.4 Å². The van der Waals surface area contributed by atoms with E-state index >= 15 is 0 Å². The molecule has 0 radical (unpaired) electrons. The van der Waals surface area contributed by atoms with Crippen molar-refractivity contribution in [3.8, 4) is 0 Å². The number of rotatable bonds is 5. The largest absolute Gasteiger partial charge is 0.396 e. The molecule has 1 heterocycles. The summed E-state index contributed by atoms with van der Waals surface area (Å²) in [5.74, 6) is 0.210. The van der Waals surface area contributed by atoms with Gasteiger partial charge in [-0.05, 0) is 39.9 Å². The highest BCUT2D eigenvalue weighted by Crippen LogP contribution is 2.31. The fourth-order valence-electron chi connectivity index (χ4n) is 1.69. The molecule has 1 aromatic rings. The molecule has 90 valence electrons. The standard InChI is InChI=1S/C12H18BrNO2/c1-9(2)12(7-15,8-16)4-10-3-11(13)6-14-5-10/h3,5-6,9,15-16H,4,7-8H2,1-2H3. The molecule has 0 fully saturated rings. The van der Waals surface area contributed by atoms with Crippen LogP contribution in [0.2, 0.25) is 0 Å². The van der Waals surface area contributed by atoms with Crippen LogP contribution in [0.1, 0.15) is 19.4 Å². The molecule has 0 amide bonds. The molecule has 2 N–H and O–H groups in total. The molecule has 3 nitrogen and oxygen atoms in total. The monoisotopic (exact) mass is 287 g/mol. The number of nitrogens with zero attached hydrogens (tertiary/aromatic N) is 1. The summed E-state index contributed by atoms with van der Waals surface area (Å²) in [7, 11) is 0. The second-order valence-electron chi connectivity index (χ2n) is 4.52. The summed E-state index contributed by atoms with van der Waals surface area (Å²) in [5, 5.41) is 19.0. The molecule has 0 unspecified atom stereocenters. The van der Waals surface area contributed by atoms with E-state index in [-0.39, 0.29) is 19.1 Å². The Hall–Kier alpha value is -0.450. The topological polar surface area (TPSA) is 53.4 Å². The summed E-state index contributed by atoms with van der Waals surface area (Å²) < 4.78 is 0.915. The van der Waals surface area contributed by atoms with Gasteiger partial charge in [0, 0.05) is 22.3 Å². The smallest absolute Gasteiger partial charge is 0.0515 e. The summed E-state index contributed by atoms with van der Waals surface area (Å²) in [5.41, 5.74) is 0.550. The van der Waals surface area contributed by atoms with Crippen LogP contribution in [0.5, 0.6) is 0 Å². The first-order chi connectivity index (χ1) is 7.54. The normalized spacial score (nSPS) is 12.1. The Labute approximate surface area is 105 Å². The van der Waals surface area contributed by atoms with Gasteiger partial charge in [-0.1, -0.05) is 13.8 Å². The van der Waals surface area contributed by atoms with Crippen molar-refractivity contribution in [3.63, 3.8) is 0 Å². The van der Waals surface area contributed by atoms with Crippen LogP contribution in [0.3, 0.4) is 0 Å². The fraction of sp³-hybridized carbons (Fsp3) is 0.583. The van der Waals surface area contributed by atoms with E-state index in [2.05, 4.69) is 20.9 Å². The molecular formula is C12H18BrNO2. The lowest BCUT2D eigenvalue weighted by Gasteiger charge is -2.34. The van der Waals surface area contributed by atoms with E-state index in [9.17, 15) is 10.2 Å². The number of pyridine rings is 1. The molecule has 0 aliphatic carbocycles. The molecule has 0 atom stereocenters. The van der Waals surface area contributed by atoms with Crippen LogP contribution in [-0.4, -0.2) is 28.4 Å². The highest BCUT2D eigenvalue weighted by molar-refractivity contribution is 9.10. The van der Waals surface area contributed by atoms with Crippen LogP contribution in [-0.2, 0) is 6.42 Å². The Bertz CT molecular complexity index is 338. The quantitative estimate of drug-likeness (QED) is 0.871. The highest BCUT2D eigenvalue weighted by atomic mass is 79.9. The van der Waals surface area contributed by atoms with Gasteiger partial charge in [0.1, 0.15) is 0 Å². The SMILES string of the molecule is CC(C)C(CO)(CO)Cc1cncc(Br)c1. The maximum absolute atomic E-state index is 9.49. The van der Waals surface area contributed by atoms with Gasteiger partial charge in [-0.25, -0.2) is 0 Å². The van der Waals surface area contributed by atoms with Crippen molar-refractivity contribution < 1.29 is 10.2 Å². The van der Waals surface area contributed by atoms with Gasteiger partial charge in [0.2, 0.25) is 0 Å². The first kappa shape index (κ1) is 13.6. The highest BCUT2D eigenvalue weighted by Gasteiger charge is 2.32. The summed E-state index contributed by atoms with van der Waals surface area (Å²) in [4.78, 5) is 4.09. The number of aromatic nitrogens is 1. The molecule has 1 rings (SSSR count). The molecule has 0 aliphatic heterocycles. The minimum absolute atomic E-state index is 0.0202. The lowest BCUT2D eigenvalue weighted by molar-refractivity contribution is 0.0162. The lowest BCUT2D eigenvalue weighted by atomic mass is 9.74. The lowest BCUT2D eigenvalue weighted by Crippen LogP contribution is -2.37. The van der Waals surface area contributed by atoms with Crippen molar-refractivity contribution in [3.05, 3.63) is 28.5 Å². The van der Waals surface area contributed by atoms with Gasteiger partial charge in [-0.2, -0.15) is 0 Å². The van der Waals surface area contributed by atoms with Crippen LogP contribution in [0.25, 0.3) is 0 Å². The molecule has 16 heavy (non-hydrogen) atoms. The van der Waals surface area contributed by atoms with E-state index in [1.165, 1.54) is 0 Å². The molecule has 0 saturated carbocycles. The van der Waals surface area contributed by atoms with Crippen molar-refractivity contribution >= 4 is 15.9 Å². The van der Waals surface area contributed by atoms with Gasteiger partial charge in [-0.3, -0.25) is 4.98 Å². The summed E-state index contributed by atoms with van der Waals surface area (Å²) in [6.07, 6.45) is 4.12. The number of halogens is 1. The Morgan fingerprint density at radius 2 is 1.94 bits per heavy atom. The molecule has 0 spiro atoms. The van der Waals surface area contributed by atoms with Crippen molar-refractivity contribution in [2.24, 2.45) is 11.3 Å². The molecule has 4 heteroatoms. The molecule has 0 aromatic carbocycles. The van der Waals surface area contributed by atoms with Gasteiger partial charge in [0.15, 0.2) is 0 Å². The number of aliphatic hydroxyl groups excluding tert-OH is 2. The van der Waals surface area contributed by atoms with E-state index in [0.717, 1.165) is 10.0 Å². The number of hydrogen-bond donors (Lipinski definition) is 2. The van der Waals surface area contributed by atoms with E-state index in [0.29, 0.717) is 6.42 Å². The molecule has 0 aliphatic rings. The average Bonchev–Trinajstić information content (AvgIpc) is 2.25. The van der Waals surface area contributed by atoms with Crippen LogP contribution in [0.15, 0.2) is 22.9 Å². The number of hydrogen-bond acceptors (Lipinski definition) is 3. The van der Waals surface area contributed by atoms with Gasteiger partial charge < -0.3 is 10.2 Å². The molecule has 0 saturated heterocycles. The van der Waals surface area contributed by atoms with E-state index < -0.39 is 5.41 Å². The zero-order valence-electron chi connectivity index (χ0n) is 9.65. The summed E-state index contributed by atoms with van der Waals surface area (Å²) >= 11 is 3.36. The minimum Gasteiger partial charge on any atom is -0.396 e. The summed E-state index contributed by atoms with van der Waals surface area (Å²) in [6.45, 7) is 3.98. The third-order valence-corrected chi connectivity index (χ3v) is 3.61. The Balaban J connectivity index is 2.91. The minimum atomic E-state index is -0.470. The van der Waals surface area contributed by atoms with Crippen molar-refractivity contribution in [2.75, 3.05) is 13.2 Å². The van der Waals surface area contributed by atoms with Crippen molar-refractivity contribution in [1.82, 2.24) is 4.98 Å². The third-order valence-electron chi connectivity index (χ3n) is 3.17. The Morgan fingerprint density at radius 3 is 2.38 bits per heavy atom. The van der Waals surface area contributed by atoms with Crippen LogP contribution >= 0.6 is 15.9 Å². The maximum atomic E-state index is 9.49. The molecular weight excluding hydrogens is 270 g/mol. The number of aliphatic hydroxyl groups is 2. The fourth-order valence-corrected chi connectivity index (χ4v) is 2.10. The van der Waals surface area contributed by atoms with Crippen LogP contribution in [0.4, 0.5) is 0 Å². The second-order valence-corrected chi connectivity index (χ2v) is 5.44. The van der Waals surface area contributed by atoms with Crippen molar-refractivity contribution in [2.45, 2.75) is 20.3 Å². The van der Waals surface area contributed by atoms with E-state index in [1.807, 2.05) is 19.9 Å². The first-order valence-corrected chi connectivity index (χ1v) is 6.14. The summed E-state index contributed by atoms with van der Waals surface area (Å²) in [6, 6.07) is 1.97. The van der Waals surface area contributed by atoms with Gasteiger partial charge >= 0.3 is 0 Å². The average molecular weight is 288 g/mol. The van der Waals surface area contributed by atoms with Gasteiger partial charge in [0.05, 0.1) is 13.2 Å².